The van der Waals surface area contributed by atoms with Crippen LogP contribution in [0.25, 0.3) is 0 Å². The summed E-state index contributed by atoms with van der Waals surface area (Å²) in [7, 11) is 1.72. The number of aliphatic hydroxyl groups is 1. The van der Waals surface area contributed by atoms with Gasteiger partial charge >= 0.3 is 0 Å². The Morgan fingerprint density at radius 3 is 2.78 bits per heavy atom. The second kappa shape index (κ2) is 5.46. The normalized spacial score (nSPS) is 10.4. The molecule has 0 bridgehead atoms. The van der Waals surface area contributed by atoms with Gasteiger partial charge in [-0.1, -0.05) is 12.1 Å². The first-order valence-electron chi connectivity index (χ1n) is 5.37. The van der Waals surface area contributed by atoms with E-state index < -0.39 is 0 Å². The van der Waals surface area contributed by atoms with E-state index in [2.05, 4.69) is 20.9 Å². The van der Waals surface area contributed by atoms with Gasteiger partial charge in [-0.15, -0.1) is 0 Å². The minimum Gasteiger partial charge on any atom is -0.392 e. The summed E-state index contributed by atoms with van der Waals surface area (Å²) in [6, 6.07) is 8.21. The Hall–Kier alpha value is -1.46. The topological polar surface area (TPSA) is 36.4 Å². The number of aliphatic hydroxyl groups excluding tert-OH is 1. The van der Waals surface area contributed by atoms with Crippen LogP contribution in [0, 0.1) is 5.82 Å². The minimum absolute atomic E-state index is 0.152. The molecule has 0 aliphatic carbocycles. The summed E-state index contributed by atoms with van der Waals surface area (Å²) in [6.45, 7) is -0.152. The van der Waals surface area contributed by atoms with Crippen LogP contribution in [0.5, 0.6) is 0 Å². The highest BCUT2D eigenvalue weighted by atomic mass is 79.9. The lowest BCUT2D eigenvalue weighted by molar-refractivity contribution is 0.281. The third-order valence-electron chi connectivity index (χ3n) is 2.61. The van der Waals surface area contributed by atoms with Crippen LogP contribution in [0.15, 0.2) is 41.0 Å². The zero-order valence-corrected chi connectivity index (χ0v) is 11.4. The highest BCUT2D eigenvalue weighted by Gasteiger charge is 2.13. The average Bonchev–Trinajstić information content (AvgIpc) is 2.38. The number of hydrogen-bond donors (Lipinski definition) is 1. The summed E-state index contributed by atoms with van der Waals surface area (Å²) in [5.74, 6) is 0.208. The number of para-hydroxylation sites is 1. The zero-order chi connectivity index (χ0) is 13.1. The molecule has 0 amide bonds. The van der Waals surface area contributed by atoms with Gasteiger partial charge in [0.15, 0.2) is 0 Å². The van der Waals surface area contributed by atoms with Crippen molar-refractivity contribution in [3.8, 4) is 0 Å². The van der Waals surface area contributed by atoms with E-state index in [9.17, 15) is 9.50 Å². The number of anilines is 2. The van der Waals surface area contributed by atoms with E-state index >= 15 is 0 Å². The van der Waals surface area contributed by atoms with Gasteiger partial charge in [-0.3, -0.25) is 0 Å². The zero-order valence-electron chi connectivity index (χ0n) is 9.77. The van der Waals surface area contributed by atoms with Crippen molar-refractivity contribution in [1.29, 1.82) is 0 Å². The largest absolute Gasteiger partial charge is 0.392 e. The molecule has 2 aromatic rings. The van der Waals surface area contributed by atoms with E-state index in [1.807, 2.05) is 0 Å². The SMILES string of the molecule is CN(c1ccccc1F)c1ncc(Br)cc1CO. The molecule has 0 aliphatic rings. The lowest BCUT2D eigenvalue weighted by Crippen LogP contribution is -2.15. The van der Waals surface area contributed by atoms with E-state index in [1.54, 1.807) is 42.4 Å². The van der Waals surface area contributed by atoms with Crippen LogP contribution in [0.2, 0.25) is 0 Å². The van der Waals surface area contributed by atoms with Crippen molar-refractivity contribution in [3.05, 3.63) is 52.4 Å². The highest BCUT2D eigenvalue weighted by molar-refractivity contribution is 9.10. The Bertz CT molecular complexity index is 562. The fourth-order valence-electron chi connectivity index (χ4n) is 1.73. The maximum Gasteiger partial charge on any atom is 0.146 e. The standard InChI is InChI=1S/C13H12BrFN2O/c1-17(12-5-3-2-4-11(12)15)13-9(8-18)6-10(14)7-16-13/h2-7,18H,8H2,1H3. The molecule has 1 aromatic heterocycles. The van der Waals surface area contributed by atoms with E-state index in [4.69, 9.17) is 0 Å². The Morgan fingerprint density at radius 2 is 2.11 bits per heavy atom. The molecule has 0 spiro atoms. The van der Waals surface area contributed by atoms with Crippen LogP contribution in [0.3, 0.4) is 0 Å². The average molecular weight is 311 g/mol. The summed E-state index contributed by atoms with van der Waals surface area (Å²) in [5, 5.41) is 9.33. The molecule has 1 heterocycles. The van der Waals surface area contributed by atoms with Gasteiger partial charge in [-0.25, -0.2) is 9.37 Å². The van der Waals surface area contributed by atoms with Crippen molar-refractivity contribution in [1.82, 2.24) is 4.98 Å². The van der Waals surface area contributed by atoms with E-state index in [0.717, 1.165) is 4.47 Å². The Labute approximate surface area is 113 Å². The Kier molecular flexibility index (Phi) is 3.93. The van der Waals surface area contributed by atoms with E-state index in [-0.39, 0.29) is 12.4 Å². The van der Waals surface area contributed by atoms with Crippen molar-refractivity contribution in [2.45, 2.75) is 6.61 Å². The van der Waals surface area contributed by atoms with Crippen molar-refractivity contribution in [3.63, 3.8) is 0 Å². The molecule has 94 valence electrons. The summed E-state index contributed by atoms with van der Waals surface area (Å²) in [5.41, 5.74) is 1.05. The molecular formula is C13H12BrFN2O. The van der Waals surface area contributed by atoms with Crippen molar-refractivity contribution in [2.75, 3.05) is 11.9 Å². The first kappa shape index (κ1) is 13.0. The molecule has 2 rings (SSSR count). The van der Waals surface area contributed by atoms with Crippen LogP contribution in [-0.2, 0) is 6.61 Å². The molecule has 5 heteroatoms. The van der Waals surface area contributed by atoms with Gasteiger partial charge in [0.2, 0.25) is 0 Å². The van der Waals surface area contributed by atoms with Gasteiger partial charge in [-0.05, 0) is 34.1 Å². The van der Waals surface area contributed by atoms with Gasteiger partial charge in [-0.2, -0.15) is 0 Å². The van der Waals surface area contributed by atoms with Crippen LogP contribution in [0.4, 0.5) is 15.9 Å². The summed E-state index contributed by atoms with van der Waals surface area (Å²) < 4.78 is 14.5. The molecule has 18 heavy (non-hydrogen) atoms. The van der Waals surface area contributed by atoms with Crippen LogP contribution in [-0.4, -0.2) is 17.1 Å². The lowest BCUT2D eigenvalue weighted by Gasteiger charge is -2.21. The van der Waals surface area contributed by atoms with E-state index in [0.29, 0.717) is 17.1 Å². The third kappa shape index (κ3) is 2.52. The molecule has 0 saturated carbocycles. The predicted molar refractivity (Wildman–Crippen MR) is 72.3 cm³/mol. The maximum absolute atomic E-state index is 13.7. The molecule has 0 fully saturated rings. The molecule has 0 radical (unpaired) electrons. The number of rotatable bonds is 3. The fraction of sp³-hybridized carbons (Fsp3) is 0.154. The van der Waals surface area contributed by atoms with Gasteiger partial charge in [0.05, 0.1) is 12.3 Å². The summed E-state index contributed by atoms with van der Waals surface area (Å²) in [6.07, 6.45) is 1.62. The Balaban J connectivity index is 2.46. The van der Waals surface area contributed by atoms with E-state index in [1.165, 1.54) is 6.07 Å². The van der Waals surface area contributed by atoms with Gasteiger partial charge in [0.25, 0.3) is 0 Å². The van der Waals surface area contributed by atoms with Crippen molar-refractivity contribution < 1.29 is 9.50 Å². The number of aromatic nitrogens is 1. The van der Waals surface area contributed by atoms with Crippen LogP contribution < -0.4 is 4.90 Å². The second-order valence-corrected chi connectivity index (χ2v) is 4.72. The first-order chi connectivity index (χ1) is 8.63. The number of hydrogen-bond acceptors (Lipinski definition) is 3. The first-order valence-corrected chi connectivity index (χ1v) is 6.16. The Morgan fingerprint density at radius 1 is 1.39 bits per heavy atom. The minimum atomic E-state index is -0.325. The predicted octanol–water partition coefficient (Wildman–Crippen LogP) is 3.24. The molecule has 1 aromatic carbocycles. The van der Waals surface area contributed by atoms with Crippen LogP contribution >= 0.6 is 15.9 Å². The van der Waals surface area contributed by atoms with Gasteiger partial charge in [0, 0.05) is 23.3 Å². The number of benzene rings is 1. The molecule has 0 aliphatic heterocycles. The summed E-state index contributed by atoms with van der Waals surface area (Å²) >= 11 is 3.29. The molecular weight excluding hydrogens is 299 g/mol. The smallest absolute Gasteiger partial charge is 0.146 e. The molecule has 0 unspecified atom stereocenters. The molecule has 3 nitrogen and oxygen atoms in total. The quantitative estimate of drug-likeness (QED) is 0.945. The molecule has 0 saturated heterocycles. The number of halogens is 2. The molecule has 0 atom stereocenters. The highest BCUT2D eigenvalue weighted by Crippen LogP contribution is 2.28. The third-order valence-corrected chi connectivity index (χ3v) is 3.05. The number of pyridine rings is 1. The van der Waals surface area contributed by atoms with Crippen molar-refractivity contribution in [2.24, 2.45) is 0 Å². The van der Waals surface area contributed by atoms with Crippen LogP contribution in [0.1, 0.15) is 5.56 Å². The monoisotopic (exact) mass is 310 g/mol. The fourth-order valence-corrected chi connectivity index (χ4v) is 2.11. The number of nitrogens with zero attached hydrogens (tertiary/aromatic N) is 2. The van der Waals surface area contributed by atoms with Gasteiger partial charge in [0.1, 0.15) is 11.6 Å². The maximum atomic E-state index is 13.7. The summed E-state index contributed by atoms with van der Waals surface area (Å²) in [4.78, 5) is 5.84. The molecule has 1 N–H and O–H groups in total. The van der Waals surface area contributed by atoms with Crippen molar-refractivity contribution >= 4 is 27.4 Å². The van der Waals surface area contributed by atoms with Gasteiger partial charge < -0.3 is 10.0 Å². The second-order valence-electron chi connectivity index (χ2n) is 3.80. The lowest BCUT2D eigenvalue weighted by atomic mass is 10.2.